The van der Waals surface area contributed by atoms with Crippen molar-refractivity contribution in [1.29, 1.82) is 0 Å². The lowest BCUT2D eigenvalue weighted by Gasteiger charge is -2.20. The molecule has 1 aliphatic heterocycles. The zero-order valence-electron chi connectivity index (χ0n) is 8.26. The van der Waals surface area contributed by atoms with Crippen LogP contribution in [0.4, 0.5) is 0 Å². The maximum Gasteiger partial charge on any atom is 0.332 e. The van der Waals surface area contributed by atoms with Gasteiger partial charge in [0, 0.05) is 6.54 Å². The third-order valence-corrected chi connectivity index (χ3v) is 2.24. The van der Waals surface area contributed by atoms with E-state index in [2.05, 4.69) is 19.2 Å². The Morgan fingerprint density at radius 2 is 2.31 bits per heavy atom. The molecule has 74 valence electrons. The lowest BCUT2D eigenvalue weighted by molar-refractivity contribution is -0.132. The van der Waals surface area contributed by atoms with Crippen molar-refractivity contribution in [3.63, 3.8) is 0 Å². The highest BCUT2D eigenvalue weighted by molar-refractivity contribution is 5.88. The second-order valence-electron chi connectivity index (χ2n) is 3.91. The van der Waals surface area contributed by atoms with E-state index in [1.165, 1.54) is 0 Å². The largest absolute Gasteiger partial charge is 0.478 e. The Labute approximate surface area is 78.8 Å². The Morgan fingerprint density at radius 3 is 2.85 bits per heavy atom. The minimum absolute atomic E-state index is 0.525. The number of carboxylic acid groups (broad SMARTS) is 1. The van der Waals surface area contributed by atoms with E-state index in [1.807, 2.05) is 0 Å². The Hall–Kier alpha value is -0.830. The van der Waals surface area contributed by atoms with Gasteiger partial charge >= 0.3 is 5.97 Å². The summed E-state index contributed by atoms with van der Waals surface area (Å²) in [7, 11) is 0. The Bertz CT molecular complexity index is 231. The summed E-state index contributed by atoms with van der Waals surface area (Å²) in [4.78, 5) is 10.8. The number of carboxylic acids is 1. The minimum Gasteiger partial charge on any atom is -0.478 e. The Kier molecular flexibility index (Phi) is 3.48. The van der Waals surface area contributed by atoms with Crippen LogP contribution in [0.1, 0.15) is 26.7 Å². The highest BCUT2D eigenvalue weighted by atomic mass is 16.4. The molecule has 0 spiro atoms. The average molecular weight is 183 g/mol. The molecule has 0 unspecified atom stereocenters. The molecule has 0 aliphatic carbocycles. The van der Waals surface area contributed by atoms with Crippen LogP contribution in [0.5, 0.6) is 0 Å². The van der Waals surface area contributed by atoms with E-state index in [4.69, 9.17) is 5.11 Å². The quantitative estimate of drug-likeness (QED) is 0.695. The summed E-state index contributed by atoms with van der Waals surface area (Å²) in [6.45, 7) is 5.68. The first-order chi connectivity index (χ1) is 6.11. The molecule has 1 heterocycles. The highest BCUT2D eigenvalue weighted by Crippen LogP contribution is 2.20. The standard InChI is InChI=1S/C10H17NO2/c1-7(2)5-8-3-4-11-6-9(8)10(12)13/h7,11H,3-6H2,1-2H3,(H,12,13). The zero-order chi connectivity index (χ0) is 9.84. The van der Waals surface area contributed by atoms with E-state index >= 15 is 0 Å². The summed E-state index contributed by atoms with van der Waals surface area (Å²) in [5.41, 5.74) is 1.71. The molecule has 3 heteroatoms. The molecule has 0 fully saturated rings. The molecule has 0 amide bonds. The van der Waals surface area contributed by atoms with Crippen molar-refractivity contribution in [1.82, 2.24) is 5.32 Å². The van der Waals surface area contributed by atoms with E-state index < -0.39 is 5.97 Å². The third kappa shape index (κ3) is 2.84. The van der Waals surface area contributed by atoms with Crippen LogP contribution in [-0.2, 0) is 4.79 Å². The predicted molar refractivity (Wildman–Crippen MR) is 51.6 cm³/mol. The van der Waals surface area contributed by atoms with Crippen molar-refractivity contribution < 1.29 is 9.90 Å². The van der Waals surface area contributed by atoms with Crippen LogP contribution in [0.3, 0.4) is 0 Å². The van der Waals surface area contributed by atoms with Crippen molar-refractivity contribution in [2.75, 3.05) is 13.1 Å². The van der Waals surface area contributed by atoms with Crippen LogP contribution in [-0.4, -0.2) is 24.2 Å². The molecule has 0 atom stereocenters. The van der Waals surface area contributed by atoms with Crippen molar-refractivity contribution in [2.24, 2.45) is 5.92 Å². The number of aliphatic carboxylic acids is 1. The van der Waals surface area contributed by atoms with Gasteiger partial charge in [0.1, 0.15) is 0 Å². The van der Waals surface area contributed by atoms with E-state index in [9.17, 15) is 4.79 Å². The van der Waals surface area contributed by atoms with Gasteiger partial charge in [-0.25, -0.2) is 4.79 Å². The van der Waals surface area contributed by atoms with Crippen LogP contribution < -0.4 is 5.32 Å². The van der Waals surface area contributed by atoms with Crippen LogP contribution in [0.15, 0.2) is 11.1 Å². The van der Waals surface area contributed by atoms with Gasteiger partial charge in [-0.1, -0.05) is 19.4 Å². The molecule has 1 rings (SSSR count). The van der Waals surface area contributed by atoms with Crippen LogP contribution in [0, 0.1) is 5.92 Å². The molecule has 0 aromatic carbocycles. The Morgan fingerprint density at radius 1 is 1.62 bits per heavy atom. The van der Waals surface area contributed by atoms with Gasteiger partial charge in [-0.3, -0.25) is 0 Å². The smallest absolute Gasteiger partial charge is 0.332 e. The van der Waals surface area contributed by atoms with Crippen LogP contribution >= 0.6 is 0 Å². The van der Waals surface area contributed by atoms with Gasteiger partial charge in [-0.2, -0.15) is 0 Å². The van der Waals surface area contributed by atoms with Gasteiger partial charge in [0.05, 0.1) is 5.57 Å². The summed E-state index contributed by atoms with van der Waals surface area (Å²) in [6, 6.07) is 0. The normalized spacial score (nSPS) is 18.1. The fourth-order valence-electron chi connectivity index (χ4n) is 1.67. The van der Waals surface area contributed by atoms with Crippen molar-refractivity contribution in [3.05, 3.63) is 11.1 Å². The van der Waals surface area contributed by atoms with Crippen molar-refractivity contribution >= 4 is 5.97 Å². The number of hydrogen-bond donors (Lipinski definition) is 2. The van der Waals surface area contributed by atoms with Crippen LogP contribution in [0.25, 0.3) is 0 Å². The molecule has 0 aromatic heterocycles. The molecule has 0 saturated carbocycles. The molecule has 3 nitrogen and oxygen atoms in total. The fourth-order valence-corrected chi connectivity index (χ4v) is 1.67. The molecule has 1 aliphatic rings. The van der Waals surface area contributed by atoms with Gasteiger partial charge in [0.15, 0.2) is 0 Å². The number of nitrogens with one attached hydrogen (secondary N) is 1. The molecule has 0 bridgehead atoms. The van der Waals surface area contributed by atoms with Gasteiger partial charge < -0.3 is 10.4 Å². The first kappa shape index (κ1) is 10.3. The summed E-state index contributed by atoms with van der Waals surface area (Å²) < 4.78 is 0. The lowest BCUT2D eigenvalue weighted by Crippen LogP contribution is -2.29. The van der Waals surface area contributed by atoms with Crippen molar-refractivity contribution in [3.8, 4) is 0 Å². The molecule has 2 N–H and O–H groups in total. The highest BCUT2D eigenvalue weighted by Gasteiger charge is 2.18. The molecular formula is C10H17NO2. The SMILES string of the molecule is CC(C)CC1=C(C(=O)O)CNCC1. The third-order valence-electron chi connectivity index (χ3n) is 2.24. The van der Waals surface area contributed by atoms with E-state index in [0.29, 0.717) is 18.0 Å². The zero-order valence-corrected chi connectivity index (χ0v) is 8.26. The van der Waals surface area contributed by atoms with Gasteiger partial charge in [0.2, 0.25) is 0 Å². The van der Waals surface area contributed by atoms with E-state index in [1.54, 1.807) is 0 Å². The van der Waals surface area contributed by atoms with E-state index in [0.717, 1.165) is 25.0 Å². The second kappa shape index (κ2) is 4.42. The molecule has 0 saturated heterocycles. The van der Waals surface area contributed by atoms with Crippen LogP contribution in [0.2, 0.25) is 0 Å². The molecule has 0 aromatic rings. The maximum absolute atomic E-state index is 10.8. The Balaban J connectivity index is 2.77. The second-order valence-corrected chi connectivity index (χ2v) is 3.91. The monoisotopic (exact) mass is 183 g/mol. The lowest BCUT2D eigenvalue weighted by atomic mass is 9.93. The first-order valence-electron chi connectivity index (χ1n) is 4.76. The first-order valence-corrected chi connectivity index (χ1v) is 4.76. The van der Waals surface area contributed by atoms with Gasteiger partial charge in [0.25, 0.3) is 0 Å². The topological polar surface area (TPSA) is 49.3 Å². The van der Waals surface area contributed by atoms with Gasteiger partial charge in [-0.05, 0) is 25.3 Å². The molecule has 0 radical (unpaired) electrons. The van der Waals surface area contributed by atoms with Crippen molar-refractivity contribution in [2.45, 2.75) is 26.7 Å². The fraction of sp³-hybridized carbons (Fsp3) is 0.700. The summed E-state index contributed by atoms with van der Waals surface area (Å²) in [6.07, 6.45) is 1.81. The maximum atomic E-state index is 10.8. The van der Waals surface area contributed by atoms with Gasteiger partial charge in [-0.15, -0.1) is 0 Å². The number of rotatable bonds is 3. The summed E-state index contributed by atoms with van der Waals surface area (Å²) >= 11 is 0. The minimum atomic E-state index is -0.761. The average Bonchev–Trinajstić information content (AvgIpc) is 2.03. The molecule has 13 heavy (non-hydrogen) atoms. The number of carbonyl (C=O) groups is 1. The summed E-state index contributed by atoms with van der Waals surface area (Å²) in [5, 5.41) is 12.0. The summed E-state index contributed by atoms with van der Waals surface area (Å²) in [5.74, 6) is -0.217. The number of hydrogen-bond acceptors (Lipinski definition) is 2. The molecular weight excluding hydrogens is 166 g/mol. The van der Waals surface area contributed by atoms with E-state index in [-0.39, 0.29) is 0 Å². The predicted octanol–water partition coefficient (Wildman–Crippen LogP) is 1.41.